The van der Waals surface area contributed by atoms with Crippen LogP contribution in [0.15, 0.2) is 0 Å². The van der Waals surface area contributed by atoms with Crippen LogP contribution in [0.5, 0.6) is 0 Å². The van der Waals surface area contributed by atoms with Crippen molar-refractivity contribution in [3.05, 3.63) is 0 Å². The van der Waals surface area contributed by atoms with E-state index in [1.54, 1.807) is 0 Å². The van der Waals surface area contributed by atoms with Gasteiger partial charge in [-0.15, -0.1) is 0 Å². The first-order chi connectivity index (χ1) is 11.6. The molecule has 0 bridgehead atoms. The van der Waals surface area contributed by atoms with Gasteiger partial charge in [-0.3, -0.25) is 0 Å². The fourth-order valence-corrected chi connectivity index (χ4v) is 3.57. The van der Waals surface area contributed by atoms with E-state index in [-0.39, 0.29) is 16.2 Å². The highest BCUT2D eigenvalue weighted by Crippen LogP contribution is 2.46. The molecule has 0 saturated heterocycles. The predicted octanol–water partition coefficient (Wildman–Crippen LogP) is 7.74. The van der Waals surface area contributed by atoms with Crippen molar-refractivity contribution in [2.75, 3.05) is 19.8 Å². The number of rotatable bonds is 15. The van der Waals surface area contributed by atoms with E-state index in [0.29, 0.717) is 19.8 Å². The summed E-state index contributed by atoms with van der Waals surface area (Å²) in [5.41, 5.74) is 0.598. The van der Waals surface area contributed by atoms with E-state index in [1.807, 2.05) is 0 Å². The maximum absolute atomic E-state index is 6.18. The lowest BCUT2D eigenvalue weighted by Gasteiger charge is -2.33. The van der Waals surface area contributed by atoms with Crippen molar-refractivity contribution >= 4 is 8.60 Å². The molecule has 0 heterocycles. The molecule has 3 nitrogen and oxygen atoms in total. The van der Waals surface area contributed by atoms with E-state index in [4.69, 9.17) is 13.6 Å². The van der Waals surface area contributed by atoms with Crippen LogP contribution in [-0.2, 0) is 13.6 Å². The number of hydrogen-bond acceptors (Lipinski definition) is 3. The van der Waals surface area contributed by atoms with Crippen molar-refractivity contribution in [1.82, 2.24) is 0 Å². The van der Waals surface area contributed by atoms with E-state index in [9.17, 15) is 0 Å². The fourth-order valence-electron chi connectivity index (χ4n) is 2.10. The van der Waals surface area contributed by atoms with Crippen LogP contribution in [0.1, 0.15) is 101 Å². The molecule has 25 heavy (non-hydrogen) atoms. The standard InChI is InChI=1S/C21H45O3P/c1-10-19(7,11-2)16-22-25(23-17-20(8,12-3)13-4)24-18-21(9,14-5)15-6/h10-18H2,1-9H3. The Kier molecular flexibility index (Phi) is 12.1. The van der Waals surface area contributed by atoms with Crippen molar-refractivity contribution in [2.24, 2.45) is 16.2 Å². The van der Waals surface area contributed by atoms with Crippen LogP contribution in [0.25, 0.3) is 0 Å². The molecule has 0 aromatic carbocycles. The third kappa shape index (κ3) is 9.18. The third-order valence-corrected chi connectivity index (χ3v) is 7.70. The van der Waals surface area contributed by atoms with Gasteiger partial charge in [0.25, 0.3) is 0 Å². The third-order valence-electron chi connectivity index (χ3n) is 6.68. The van der Waals surface area contributed by atoms with Gasteiger partial charge in [0.15, 0.2) is 0 Å². The number of hydrogen-bond donors (Lipinski definition) is 0. The minimum atomic E-state index is -1.29. The summed E-state index contributed by atoms with van der Waals surface area (Å²) in [4.78, 5) is 0. The van der Waals surface area contributed by atoms with Crippen LogP contribution in [0.2, 0.25) is 0 Å². The smallest absolute Gasteiger partial charge is 0.312 e. The Labute approximate surface area is 159 Å². The maximum atomic E-state index is 6.18. The van der Waals surface area contributed by atoms with Crippen LogP contribution < -0.4 is 0 Å². The molecule has 0 atom stereocenters. The minimum Gasteiger partial charge on any atom is -0.312 e. The first kappa shape index (κ1) is 25.3. The molecule has 0 spiro atoms. The van der Waals surface area contributed by atoms with Gasteiger partial charge in [-0.25, -0.2) is 0 Å². The lowest BCUT2D eigenvalue weighted by atomic mass is 9.86. The Balaban J connectivity index is 4.86. The first-order valence-corrected chi connectivity index (χ1v) is 11.4. The summed E-state index contributed by atoms with van der Waals surface area (Å²) in [5, 5.41) is 0. The van der Waals surface area contributed by atoms with Gasteiger partial charge in [0.05, 0.1) is 19.8 Å². The molecule has 0 aliphatic heterocycles. The lowest BCUT2D eigenvalue weighted by molar-refractivity contribution is 0.0561. The second kappa shape index (κ2) is 11.9. The molecule has 0 rings (SSSR count). The lowest BCUT2D eigenvalue weighted by Crippen LogP contribution is -2.25. The molecule has 0 aliphatic rings. The Morgan fingerprint density at radius 3 is 0.840 bits per heavy atom. The van der Waals surface area contributed by atoms with Gasteiger partial charge in [0, 0.05) is 0 Å². The van der Waals surface area contributed by atoms with Crippen molar-refractivity contribution in [3.8, 4) is 0 Å². The van der Waals surface area contributed by atoms with Crippen LogP contribution in [-0.4, -0.2) is 19.8 Å². The summed E-state index contributed by atoms with van der Waals surface area (Å²) in [6.45, 7) is 22.3. The minimum absolute atomic E-state index is 0.199. The van der Waals surface area contributed by atoms with Crippen molar-refractivity contribution in [1.29, 1.82) is 0 Å². The first-order valence-electron chi connectivity index (χ1n) is 10.3. The van der Waals surface area contributed by atoms with Gasteiger partial charge in [0.2, 0.25) is 0 Å². The van der Waals surface area contributed by atoms with Gasteiger partial charge < -0.3 is 13.6 Å². The summed E-state index contributed by atoms with van der Waals surface area (Å²) < 4.78 is 18.5. The SMILES string of the molecule is CCC(C)(CC)COP(OCC(C)(CC)CC)OCC(C)(CC)CC. The van der Waals surface area contributed by atoms with Crippen LogP contribution in [0.4, 0.5) is 0 Å². The van der Waals surface area contributed by atoms with Crippen LogP contribution in [0.3, 0.4) is 0 Å². The van der Waals surface area contributed by atoms with Crippen molar-refractivity contribution in [2.45, 2.75) is 101 Å². The Morgan fingerprint density at radius 1 is 0.480 bits per heavy atom. The van der Waals surface area contributed by atoms with Crippen LogP contribution in [0, 0.1) is 16.2 Å². The zero-order valence-corrected chi connectivity index (χ0v) is 19.4. The quantitative estimate of drug-likeness (QED) is 0.273. The average Bonchev–Trinajstić information content (AvgIpc) is 2.66. The van der Waals surface area contributed by atoms with Crippen molar-refractivity contribution in [3.63, 3.8) is 0 Å². The summed E-state index contributed by atoms with van der Waals surface area (Å²) in [6.07, 6.45) is 6.64. The zero-order chi connectivity index (χ0) is 19.6. The summed E-state index contributed by atoms with van der Waals surface area (Å²) in [7, 11) is -1.29. The van der Waals surface area contributed by atoms with E-state index in [2.05, 4.69) is 62.3 Å². The summed E-state index contributed by atoms with van der Waals surface area (Å²) >= 11 is 0. The predicted molar refractivity (Wildman–Crippen MR) is 111 cm³/mol. The van der Waals surface area contributed by atoms with Gasteiger partial charge in [-0.05, 0) is 54.8 Å². The highest BCUT2D eigenvalue weighted by Gasteiger charge is 2.29. The van der Waals surface area contributed by atoms with Gasteiger partial charge in [-0.1, -0.05) is 62.3 Å². The second-order valence-corrected chi connectivity index (χ2v) is 9.82. The Hall–Kier alpha value is 0.310. The second-order valence-electron chi connectivity index (χ2n) is 8.60. The maximum Gasteiger partial charge on any atom is 0.332 e. The normalized spacial score (nSPS) is 13.7. The highest BCUT2D eigenvalue weighted by atomic mass is 31.2. The highest BCUT2D eigenvalue weighted by molar-refractivity contribution is 7.41. The largest absolute Gasteiger partial charge is 0.332 e. The van der Waals surface area contributed by atoms with Crippen LogP contribution >= 0.6 is 8.60 Å². The summed E-state index contributed by atoms with van der Waals surface area (Å²) in [5.74, 6) is 0. The van der Waals surface area contributed by atoms with E-state index < -0.39 is 8.60 Å². The molecule has 0 N–H and O–H groups in total. The molecule has 0 saturated carbocycles. The molecule has 0 aromatic heterocycles. The zero-order valence-electron chi connectivity index (χ0n) is 18.5. The summed E-state index contributed by atoms with van der Waals surface area (Å²) in [6, 6.07) is 0. The van der Waals surface area contributed by atoms with E-state index in [0.717, 1.165) is 38.5 Å². The monoisotopic (exact) mass is 376 g/mol. The topological polar surface area (TPSA) is 27.7 Å². The van der Waals surface area contributed by atoms with Gasteiger partial charge in [0.1, 0.15) is 0 Å². The Bertz CT molecular complexity index is 282. The molecule has 4 heteroatoms. The molecule has 152 valence electrons. The molecule has 0 aliphatic carbocycles. The molecule has 0 radical (unpaired) electrons. The fraction of sp³-hybridized carbons (Fsp3) is 1.00. The molecular formula is C21H45O3P. The molecule has 0 unspecified atom stereocenters. The molecule has 0 amide bonds. The molecule has 0 aromatic rings. The van der Waals surface area contributed by atoms with Gasteiger partial charge in [-0.2, -0.15) is 0 Å². The van der Waals surface area contributed by atoms with Crippen molar-refractivity contribution < 1.29 is 13.6 Å². The van der Waals surface area contributed by atoms with E-state index >= 15 is 0 Å². The molecule has 0 fully saturated rings. The average molecular weight is 377 g/mol. The van der Waals surface area contributed by atoms with Gasteiger partial charge >= 0.3 is 8.60 Å². The molecular weight excluding hydrogens is 331 g/mol. The van der Waals surface area contributed by atoms with E-state index in [1.165, 1.54) is 0 Å². The Morgan fingerprint density at radius 2 is 0.680 bits per heavy atom.